The molecular weight excluding hydrogens is 476 g/mol. The number of allylic oxidation sites excluding steroid dienone is 1. The van der Waals surface area contributed by atoms with Crippen molar-refractivity contribution in [3.63, 3.8) is 0 Å². The first kappa shape index (κ1) is 23.4. The van der Waals surface area contributed by atoms with Gasteiger partial charge in [-0.25, -0.2) is 0 Å². The fourth-order valence-corrected chi connectivity index (χ4v) is 6.48. The van der Waals surface area contributed by atoms with Gasteiger partial charge in [-0.05, 0) is 27.8 Å². The van der Waals surface area contributed by atoms with Gasteiger partial charge >= 0.3 is 0 Å². The normalized spacial score (nSPS) is 21.5. The first-order valence-corrected chi connectivity index (χ1v) is 13.6. The van der Waals surface area contributed by atoms with Gasteiger partial charge in [-0.3, -0.25) is 4.79 Å². The van der Waals surface area contributed by atoms with E-state index in [0.717, 1.165) is 22.4 Å². The van der Waals surface area contributed by atoms with Crippen LogP contribution in [-0.4, -0.2) is 5.78 Å². The van der Waals surface area contributed by atoms with E-state index >= 15 is 0 Å². The first-order valence-electron chi connectivity index (χ1n) is 13.6. The van der Waals surface area contributed by atoms with Crippen LogP contribution in [0.15, 0.2) is 151 Å². The summed E-state index contributed by atoms with van der Waals surface area (Å²) in [7, 11) is 0. The Balaban J connectivity index is 1.51. The highest BCUT2D eigenvalue weighted by molar-refractivity contribution is 6.00. The summed E-state index contributed by atoms with van der Waals surface area (Å²) in [4.78, 5) is 14.6. The van der Waals surface area contributed by atoms with Crippen molar-refractivity contribution in [2.45, 2.75) is 17.9 Å². The summed E-state index contributed by atoms with van der Waals surface area (Å²) in [6.45, 7) is 0. The Morgan fingerprint density at radius 2 is 1.05 bits per heavy atom. The SMILES string of the molecule is O=C(c1ccccc1)C1C(c2ccccc2)OC2=C(C(c3ccccc3)c3ccccc32)C1c1ccccc1. The molecule has 2 nitrogen and oxygen atoms in total. The van der Waals surface area contributed by atoms with Crippen molar-refractivity contribution in [3.8, 4) is 0 Å². The minimum atomic E-state index is -0.434. The number of fused-ring (bicyclic) bond motifs is 2. The number of benzene rings is 5. The van der Waals surface area contributed by atoms with Gasteiger partial charge in [0.2, 0.25) is 0 Å². The summed E-state index contributed by atoms with van der Waals surface area (Å²) in [6, 6.07) is 49.6. The molecule has 1 aliphatic carbocycles. The Morgan fingerprint density at radius 3 is 1.69 bits per heavy atom. The zero-order valence-electron chi connectivity index (χ0n) is 21.5. The van der Waals surface area contributed by atoms with Crippen LogP contribution >= 0.6 is 0 Å². The molecule has 4 unspecified atom stereocenters. The molecule has 4 atom stereocenters. The van der Waals surface area contributed by atoms with Crippen LogP contribution in [0.5, 0.6) is 0 Å². The highest BCUT2D eigenvalue weighted by Gasteiger charge is 2.51. The Hall–Kier alpha value is -4.69. The standard InChI is InChI=1S/C37H28O2/c38-35(27-19-9-3-10-20-27)34-32(26-17-7-2-8-18-26)33-31(25-15-5-1-6-16-25)29-23-13-14-24-30(29)37(33)39-36(34)28-21-11-4-12-22-28/h1-24,31-32,34,36H. The van der Waals surface area contributed by atoms with E-state index < -0.39 is 12.0 Å². The van der Waals surface area contributed by atoms with Crippen LogP contribution in [0.25, 0.3) is 5.76 Å². The van der Waals surface area contributed by atoms with E-state index in [4.69, 9.17) is 4.74 Å². The van der Waals surface area contributed by atoms with Crippen molar-refractivity contribution in [2.24, 2.45) is 5.92 Å². The third kappa shape index (κ3) is 4.00. The van der Waals surface area contributed by atoms with Crippen molar-refractivity contribution < 1.29 is 9.53 Å². The van der Waals surface area contributed by atoms with Gasteiger partial charge in [0, 0.05) is 23.0 Å². The molecule has 0 radical (unpaired) electrons. The maximum atomic E-state index is 14.6. The zero-order valence-corrected chi connectivity index (χ0v) is 21.5. The van der Waals surface area contributed by atoms with Crippen LogP contribution in [0, 0.1) is 5.92 Å². The van der Waals surface area contributed by atoms with Crippen LogP contribution < -0.4 is 0 Å². The molecule has 0 saturated heterocycles. The molecule has 188 valence electrons. The van der Waals surface area contributed by atoms with Crippen LogP contribution in [0.4, 0.5) is 0 Å². The molecule has 0 spiro atoms. The predicted molar refractivity (Wildman–Crippen MR) is 155 cm³/mol. The number of rotatable bonds is 5. The van der Waals surface area contributed by atoms with Gasteiger partial charge in [0.1, 0.15) is 11.9 Å². The summed E-state index contributed by atoms with van der Waals surface area (Å²) >= 11 is 0. The Kier molecular flexibility index (Phi) is 5.94. The van der Waals surface area contributed by atoms with Gasteiger partial charge < -0.3 is 4.74 Å². The van der Waals surface area contributed by atoms with Gasteiger partial charge in [-0.1, -0.05) is 146 Å². The predicted octanol–water partition coefficient (Wildman–Crippen LogP) is 8.60. The Morgan fingerprint density at radius 1 is 0.538 bits per heavy atom. The van der Waals surface area contributed by atoms with Crippen molar-refractivity contribution >= 4 is 11.5 Å². The van der Waals surface area contributed by atoms with E-state index in [1.165, 1.54) is 16.7 Å². The van der Waals surface area contributed by atoms with Gasteiger partial charge in [0.25, 0.3) is 0 Å². The van der Waals surface area contributed by atoms with Crippen LogP contribution in [0.1, 0.15) is 56.1 Å². The summed E-state index contributed by atoms with van der Waals surface area (Å²) in [5.41, 5.74) is 7.60. The number of carbonyl (C=O) groups excluding carboxylic acids is 1. The average molecular weight is 505 g/mol. The third-order valence-electron chi connectivity index (χ3n) is 8.14. The van der Waals surface area contributed by atoms with E-state index in [1.807, 2.05) is 54.6 Å². The monoisotopic (exact) mass is 504 g/mol. The second kappa shape index (κ2) is 9.89. The molecule has 1 aliphatic heterocycles. The molecule has 0 fully saturated rings. The van der Waals surface area contributed by atoms with Crippen molar-refractivity contribution in [1.29, 1.82) is 0 Å². The molecule has 39 heavy (non-hydrogen) atoms. The van der Waals surface area contributed by atoms with Crippen LogP contribution in [0.2, 0.25) is 0 Å². The molecule has 2 aliphatic rings. The van der Waals surface area contributed by atoms with Gasteiger partial charge in [0.05, 0.1) is 5.92 Å². The van der Waals surface area contributed by atoms with Crippen molar-refractivity contribution in [2.75, 3.05) is 0 Å². The lowest BCUT2D eigenvalue weighted by molar-refractivity contribution is 0.0548. The van der Waals surface area contributed by atoms with E-state index in [0.29, 0.717) is 5.56 Å². The smallest absolute Gasteiger partial charge is 0.170 e. The highest BCUT2D eigenvalue weighted by atomic mass is 16.5. The average Bonchev–Trinajstić information content (AvgIpc) is 3.35. The summed E-state index contributed by atoms with van der Waals surface area (Å²) < 4.78 is 7.04. The molecule has 0 amide bonds. The number of hydrogen-bond donors (Lipinski definition) is 0. The molecule has 0 aromatic heterocycles. The first-order chi connectivity index (χ1) is 19.3. The number of Topliss-reactive ketones (excluding diaryl/α,β-unsaturated/α-hetero) is 1. The molecule has 0 saturated carbocycles. The molecule has 5 aromatic carbocycles. The fourth-order valence-electron chi connectivity index (χ4n) is 6.48. The molecular formula is C37H28O2. The largest absolute Gasteiger partial charge is 0.484 e. The van der Waals surface area contributed by atoms with Gasteiger partial charge in [-0.15, -0.1) is 0 Å². The van der Waals surface area contributed by atoms with E-state index in [9.17, 15) is 4.79 Å². The minimum Gasteiger partial charge on any atom is -0.484 e. The van der Waals surface area contributed by atoms with Crippen LogP contribution in [0.3, 0.4) is 0 Å². The third-order valence-corrected chi connectivity index (χ3v) is 8.14. The molecule has 7 rings (SSSR count). The number of ether oxygens (including phenoxy) is 1. The lowest BCUT2D eigenvalue weighted by Crippen LogP contribution is -2.35. The van der Waals surface area contributed by atoms with Crippen molar-refractivity contribution in [3.05, 3.63) is 185 Å². The van der Waals surface area contributed by atoms with Gasteiger partial charge in [-0.2, -0.15) is 0 Å². The lowest BCUT2D eigenvalue weighted by atomic mass is 9.68. The molecule has 1 heterocycles. The summed E-state index contributed by atoms with van der Waals surface area (Å²) in [5, 5.41) is 0. The van der Waals surface area contributed by atoms with Crippen LogP contribution in [-0.2, 0) is 4.74 Å². The van der Waals surface area contributed by atoms with E-state index in [2.05, 4.69) is 91.0 Å². The number of ketones is 1. The van der Waals surface area contributed by atoms with E-state index in [1.54, 1.807) is 0 Å². The number of hydrogen-bond acceptors (Lipinski definition) is 2. The molecule has 5 aromatic rings. The highest BCUT2D eigenvalue weighted by Crippen LogP contribution is 2.60. The number of carbonyl (C=O) groups is 1. The quantitative estimate of drug-likeness (QED) is 0.224. The van der Waals surface area contributed by atoms with Crippen molar-refractivity contribution in [1.82, 2.24) is 0 Å². The summed E-state index contributed by atoms with van der Waals surface area (Å²) in [5.74, 6) is 0.430. The molecule has 0 N–H and O–H groups in total. The van der Waals surface area contributed by atoms with E-state index in [-0.39, 0.29) is 17.6 Å². The maximum absolute atomic E-state index is 14.6. The maximum Gasteiger partial charge on any atom is 0.170 e. The zero-order chi connectivity index (χ0) is 26.2. The molecule has 0 bridgehead atoms. The second-order valence-corrected chi connectivity index (χ2v) is 10.3. The summed E-state index contributed by atoms with van der Waals surface area (Å²) in [6.07, 6.45) is -0.426. The Bertz CT molecular complexity index is 1640. The topological polar surface area (TPSA) is 26.3 Å². The van der Waals surface area contributed by atoms with Gasteiger partial charge in [0.15, 0.2) is 5.78 Å². The molecule has 2 heteroatoms. The second-order valence-electron chi connectivity index (χ2n) is 10.3. The fraction of sp³-hybridized carbons (Fsp3) is 0.108. The lowest BCUT2D eigenvalue weighted by Gasteiger charge is -2.41. The Labute approximate surface area is 229 Å². The minimum absolute atomic E-state index is 0.00500.